The summed E-state index contributed by atoms with van der Waals surface area (Å²) in [6, 6.07) is 8.40. The SMILES string of the molecule is CCc1ccc(C=C(CNC(C)=O)B2OC(C)(C)C(C)(C)O2)cc1. The van der Waals surface area contributed by atoms with Crippen LogP contribution in [0.3, 0.4) is 0 Å². The highest BCUT2D eigenvalue weighted by Crippen LogP contribution is 2.38. The first-order valence-corrected chi connectivity index (χ1v) is 8.54. The Hall–Kier alpha value is -1.59. The van der Waals surface area contributed by atoms with Crippen LogP contribution in [0, 0.1) is 0 Å². The average molecular weight is 329 g/mol. The number of rotatable bonds is 5. The lowest BCUT2D eigenvalue weighted by atomic mass is 9.77. The Kier molecular flexibility index (Phi) is 5.56. The molecule has 130 valence electrons. The summed E-state index contributed by atoms with van der Waals surface area (Å²) in [5.41, 5.74) is 2.47. The third kappa shape index (κ3) is 4.28. The van der Waals surface area contributed by atoms with Gasteiger partial charge in [-0.2, -0.15) is 0 Å². The quantitative estimate of drug-likeness (QED) is 0.842. The van der Waals surface area contributed by atoms with E-state index >= 15 is 0 Å². The van der Waals surface area contributed by atoms with Crippen molar-refractivity contribution in [1.29, 1.82) is 0 Å². The highest BCUT2D eigenvalue weighted by molar-refractivity contribution is 6.56. The number of hydrogen-bond acceptors (Lipinski definition) is 3. The number of aryl methyl sites for hydroxylation is 1. The Bertz CT molecular complexity index is 604. The first-order valence-electron chi connectivity index (χ1n) is 8.54. The zero-order valence-electron chi connectivity index (χ0n) is 15.6. The summed E-state index contributed by atoms with van der Waals surface area (Å²) in [7, 11) is -0.465. The molecule has 1 aliphatic heterocycles. The van der Waals surface area contributed by atoms with Gasteiger partial charge in [-0.05, 0) is 50.7 Å². The molecule has 1 heterocycles. The number of benzene rings is 1. The molecule has 24 heavy (non-hydrogen) atoms. The van der Waals surface area contributed by atoms with Crippen molar-refractivity contribution in [2.45, 2.75) is 59.2 Å². The maximum atomic E-state index is 11.3. The fourth-order valence-electron chi connectivity index (χ4n) is 2.49. The van der Waals surface area contributed by atoms with E-state index in [1.807, 2.05) is 33.8 Å². The van der Waals surface area contributed by atoms with Crippen LogP contribution in [0.25, 0.3) is 6.08 Å². The fraction of sp³-hybridized carbons (Fsp3) is 0.526. The van der Waals surface area contributed by atoms with Crippen LogP contribution in [0.4, 0.5) is 0 Å². The summed E-state index contributed by atoms with van der Waals surface area (Å²) >= 11 is 0. The van der Waals surface area contributed by atoms with E-state index in [4.69, 9.17) is 9.31 Å². The van der Waals surface area contributed by atoms with E-state index < -0.39 is 18.3 Å². The van der Waals surface area contributed by atoms with Crippen LogP contribution in [0.2, 0.25) is 0 Å². The standard InChI is InChI=1S/C19H28BNO3/c1-7-15-8-10-16(11-9-15)12-17(13-21-14(2)22)20-23-18(3,4)19(5,6)24-20/h8-12H,7,13H2,1-6H3,(H,21,22). The fourth-order valence-corrected chi connectivity index (χ4v) is 2.49. The second-order valence-electron chi connectivity index (χ2n) is 7.31. The normalized spacial score (nSPS) is 19.4. The van der Waals surface area contributed by atoms with Crippen molar-refractivity contribution >= 4 is 19.1 Å². The minimum absolute atomic E-state index is 0.0706. The van der Waals surface area contributed by atoms with Gasteiger partial charge in [0, 0.05) is 13.5 Å². The molecule has 0 radical (unpaired) electrons. The van der Waals surface area contributed by atoms with Crippen LogP contribution in [-0.4, -0.2) is 30.8 Å². The monoisotopic (exact) mass is 329 g/mol. The molecule has 0 atom stereocenters. The summed E-state index contributed by atoms with van der Waals surface area (Å²) in [6.45, 7) is 12.2. The molecule has 0 bridgehead atoms. The molecule has 1 amide bonds. The number of amides is 1. The van der Waals surface area contributed by atoms with Gasteiger partial charge in [-0.3, -0.25) is 4.79 Å². The first kappa shape index (κ1) is 18.7. The van der Waals surface area contributed by atoms with Crippen molar-refractivity contribution < 1.29 is 14.1 Å². The first-order chi connectivity index (χ1) is 11.1. The van der Waals surface area contributed by atoms with Crippen LogP contribution in [0.1, 0.15) is 52.7 Å². The molecule has 4 nitrogen and oxygen atoms in total. The van der Waals surface area contributed by atoms with E-state index in [1.165, 1.54) is 12.5 Å². The Balaban J connectivity index is 2.27. The molecule has 0 saturated carbocycles. The summed E-state index contributed by atoms with van der Waals surface area (Å²) in [4.78, 5) is 11.3. The van der Waals surface area contributed by atoms with Crippen molar-refractivity contribution in [1.82, 2.24) is 5.32 Å². The van der Waals surface area contributed by atoms with Gasteiger partial charge >= 0.3 is 7.12 Å². The Morgan fingerprint density at radius 1 is 1.12 bits per heavy atom. The van der Waals surface area contributed by atoms with Gasteiger partial charge in [-0.15, -0.1) is 0 Å². The zero-order valence-corrected chi connectivity index (χ0v) is 15.6. The number of carbonyl (C=O) groups is 1. The van der Waals surface area contributed by atoms with E-state index in [9.17, 15) is 4.79 Å². The van der Waals surface area contributed by atoms with Crippen molar-refractivity contribution in [3.05, 3.63) is 40.9 Å². The molecule has 1 saturated heterocycles. The van der Waals surface area contributed by atoms with Gasteiger partial charge in [0.05, 0.1) is 11.2 Å². The zero-order chi connectivity index (χ0) is 18.0. The van der Waals surface area contributed by atoms with Gasteiger partial charge in [0.25, 0.3) is 0 Å². The summed E-state index contributed by atoms with van der Waals surface area (Å²) in [6.07, 6.45) is 3.05. The number of carbonyl (C=O) groups excluding carboxylic acids is 1. The van der Waals surface area contributed by atoms with E-state index in [2.05, 4.69) is 36.5 Å². The smallest absolute Gasteiger partial charge is 0.400 e. The van der Waals surface area contributed by atoms with Crippen molar-refractivity contribution in [3.8, 4) is 0 Å². The van der Waals surface area contributed by atoms with Gasteiger partial charge < -0.3 is 14.6 Å². The molecule has 2 rings (SSSR count). The van der Waals surface area contributed by atoms with Crippen molar-refractivity contribution in [3.63, 3.8) is 0 Å². The van der Waals surface area contributed by atoms with Crippen LogP contribution >= 0.6 is 0 Å². The van der Waals surface area contributed by atoms with Crippen molar-refractivity contribution in [2.75, 3.05) is 6.54 Å². The second kappa shape index (κ2) is 7.12. The summed E-state index contributed by atoms with van der Waals surface area (Å²) in [5.74, 6) is -0.0706. The van der Waals surface area contributed by atoms with Crippen molar-refractivity contribution in [2.24, 2.45) is 0 Å². The Morgan fingerprint density at radius 3 is 2.12 bits per heavy atom. The summed E-state index contributed by atoms with van der Waals surface area (Å²) < 4.78 is 12.3. The topological polar surface area (TPSA) is 47.6 Å². The second-order valence-corrected chi connectivity index (χ2v) is 7.31. The molecule has 0 spiro atoms. The lowest BCUT2D eigenvalue weighted by Gasteiger charge is -2.32. The number of hydrogen-bond donors (Lipinski definition) is 1. The highest BCUT2D eigenvalue weighted by Gasteiger charge is 2.52. The largest absolute Gasteiger partial charge is 0.492 e. The van der Waals surface area contributed by atoms with Crippen LogP contribution in [-0.2, 0) is 20.5 Å². The minimum atomic E-state index is -0.465. The molecule has 1 aromatic rings. The number of nitrogens with one attached hydrogen (secondary N) is 1. The molecule has 1 aliphatic rings. The van der Waals surface area contributed by atoms with E-state index in [0.29, 0.717) is 6.54 Å². The molecule has 0 unspecified atom stereocenters. The maximum Gasteiger partial charge on any atom is 0.492 e. The molecule has 0 aliphatic carbocycles. The predicted octanol–water partition coefficient (Wildman–Crippen LogP) is 3.40. The maximum absolute atomic E-state index is 11.3. The average Bonchev–Trinajstić information content (AvgIpc) is 2.72. The van der Waals surface area contributed by atoms with Crippen LogP contribution < -0.4 is 5.32 Å². The molecule has 1 fully saturated rings. The lowest BCUT2D eigenvalue weighted by molar-refractivity contribution is -0.118. The molecular weight excluding hydrogens is 301 g/mol. The Labute approximate surface area is 145 Å². The highest BCUT2D eigenvalue weighted by atomic mass is 16.7. The lowest BCUT2D eigenvalue weighted by Crippen LogP contribution is -2.41. The summed E-state index contributed by atoms with van der Waals surface area (Å²) in [5, 5.41) is 2.85. The Morgan fingerprint density at radius 2 is 1.67 bits per heavy atom. The third-order valence-corrected chi connectivity index (χ3v) is 4.84. The molecule has 1 aromatic carbocycles. The third-order valence-electron chi connectivity index (χ3n) is 4.84. The van der Waals surface area contributed by atoms with Crippen LogP contribution in [0.15, 0.2) is 29.7 Å². The van der Waals surface area contributed by atoms with Gasteiger partial charge in [-0.25, -0.2) is 0 Å². The molecule has 5 heteroatoms. The molecular formula is C19H28BNO3. The van der Waals surface area contributed by atoms with Gasteiger partial charge in [0.1, 0.15) is 0 Å². The van der Waals surface area contributed by atoms with E-state index in [-0.39, 0.29) is 5.91 Å². The molecule has 0 aromatic heterocycles. The van der Waals surface area contributed by atoms with E-state index in [0.717, 1.165) is 17.5 Å². The predicted molar refractivity (Wildman–Crippen MR) is 98.6 cm³/mol. The van der Waals surface area contributed by atoms with Gasteiger partial charge in [0.2, 0.25) is 5.91 Å². The minimum Gasteiger partial charge on any atom is -0.400 e. The van der Waals surface area contributed by atoms with Crippen LogP contribution in [0.5, 0.6) is 0 Å². The van der Waals surface area contributed by atoms with E-state index in [1.54, 1.807) is 0 Å². The van der Waals surface area contributed by atoms with Gasteiger partial charge in [-0.1, -0.05) is 37.3 Å². The molecule has 1 N–H and O–H groups in total. The van der Waals surface area contributed by atoms with Gasteiger partial charge in [0.15, 0.2) is 0 Å².